The summed E-state index contributed by atoms with van der Waals surface area (Å²) < 4.78 is 40.2. The van der Waals surface area contributed by atoms with Crippen LogP contribution in [0.25, 0.3) is 0 Å². The zero-order valence-corrected chi connectivity index (χ0v) is 11.3. The van der Waals surface area contributed by atoms with E-state index in [4.69, 9.17) is 0 Å². The standard InChI is InChI=1S/C14H16F3N3/c1-10-12(9-20(2)19-10)8-18-7-11-5-3-4-6-13(11)14(15,16)17/h3-6,9,18H,7-8H2,1-2H3. The first-order valence-corrected chi connectivity index (χ1v) is 6.23. The van der Waals surface area contributed by atoms with Crippen LogP contribution in [0.3, 0.4) is 0 Å². The van der Waals surface area contributed by atoms with E-state index >= 15 is 0 Å². The lowest BCUT2D eigenvalue weighted by molar-refractivity contribution is -0.138. The molecule has 1 aromatic carbocycles. The molecule has 1 N–H and O–H groups in total. The molecule has 0 unspecified atom stereocenters. The third-order valence-electron chi connectivity index (χ3n) is 3.07. The lowest BCUT2D eigenvalue weighted by atomic mass is 10.1. The maximum atomic E-state index is 12.8. The van der Waals surface area contributed by atoms with Gasteiger partial charge in [0.2, 0.25) is 0 Å². The van der Waals surface area contributed by atoms with E-state index in [2.05, 4.69) is 10.4 Å². The van der Waals surface area contributed by atoms with Crippen LogP contribution < -0.4 is 5.32 Å². The second-order valence-corrected chi connectivity index (χ2v) is 4.67. The van der Waals surface area contributed by atoms with Crippen LogP contribution in [0.2, 0.25) is 0 Å². The lowest BCUT2D eigenvalue weighted by Gasteiger charge is -2.13. The fraction of sp³-hybridized carbons (Fsp3) is 0.357. The molecular weight excluding hydrogens is 267 g/mol. The largest absolute Gasteiger partial charge is 0.416 e. The highest BCUT2D eigenvalue weighted by atomic mass is 19.4. The Kier molecular flexibility index (Phi) is 4.13. The van der Waals surface area contributed by atoms with Crippen molar-refractivity contribution in [2.45, 2.75) is 26.2 Å². The average molecular weight is 283 g/mol. The fourth-order valence-corrected chi connectivity index (χ4v) is 2.11. The highest BCUT2D eigenvalue weighted by molar-refractivity contribution is 5.29. The van der Waals surface area contributed by atoms with Gasteiger partial charge in [0, 0.05) is 31.9 Å². The third-order valence-corrected chi connectivity index (χ3v) is 3.07. The number of nitrogens with zero attached hydrogens (tertiary/aromatic N) is 2. The van der Waals surface area contributed by atoms with Crippen molar-refractivity contribution in [1.29, 1.82) is 0 Å². The molecule has 20 heavy (non-hydrogen) atoms. The van der Waals surface area contributed by atoms with Crippen molar-refractivity contribution in [3.63, 3.8) is 0 Å². The Bertz CT molecular complexity index is 588. The number of benzene rings is 1. The predicted molar refractivity (Wildman–Crippen MR) is 69.9 cm³/mol. The number of aryl methyl sites for hydroxylation is 2. The Morgan fingerprint density at radius 2 is 1.80 bits per heavy atom. The topological polar surface area (TPSA) is 29.9 Å². The van der Waals surface area contributed by atoms with Crippen LogP contribution in [0, 0.1) is 6.92 Å². The number of alkyl halides is 3. The van der Waals surface area contributed by atoms with Crippen molar-refractivity contribution in [3.8, 4) is 0 Å². The number of hydrogen-bond acceptors (Lipinski definition) is 2. The van der Waals surface area contributed by atoms with Gasteiger partial charge in [0.1, 0.15) is 0 Å². The smallest absolute Gasteiger partial charge is 0.308 e. The summed E-state index contributed by atoms with van der Waals surface area (Å²) in [5.74, 6) is 0. The van der Waals surface area contributed by atoms with Gasteiger partial charge in [-0.3, -0.25) is 4.68 Å². The molecule has 1 aromatic heterocycles. The lowest BCUT2D eigenvalue weighted by Crippen LogP contribution is -2.17. The van der Waals surface area contributed by atoms with Crippen molar-refractivity contribution in [1.82, 2.24) is 15.1 Å². The van der Waals surface area contributed by atoms with Crippen LogP contribution in [-0.2, 0) is 26.3 Å². The second-order valence-electron chi connectivity index (χ2n) is 4.67. The predicted octanol–water partition coefficient (Wildman–Crippen LogP) is 3.04. The van der Waals surface area contributed by atoms with E-state index < -0.39 is 11.7 Å². The second kappa shape index (κ2) is 5.66. The zero-order valence-electron chi connectivity index (χ0n) is 11.3. The Morgan fingerprint density at radius 1 is 1.15 bits per heavy atom. The van der Waals surface area contributed by atoms with Crippen LogP contribution in [0.5, 0.6) is 0 Å². The summed E-state index contributed by atoms with van der Waals surface area (Å²) in [5, 5.41) is 7.22. The maximum absolute atomic E-state index is 12.8. The van der Waals surface area contributed by atoms with E-state index in [1.807, 2.05) is 20.2 Å². The van der Waals surface area contributed by atoms with Crippen LogP contribution in [0.15, 0.2) is 30.5 Å². The van der Waals surface area contributed by atoms with Crippen molar-refractivity contribution in [3.05, 3.63) is 52.8 Å². The molecule has 1 heterocycles. The van der Waals surface area contributed by atoms with Crippen LogP contribution in [0.1, 0.15) is 22.4 Å². The molecule has 0 saturated carbocycles. The van der Waals surface area contributed by atoms with Gasteiger partial charge in [-0.15, -0.1) is 0 Å². The molecule has 0 saturated heterocycles. The van der Waals surface area contributed by atoms with Gasteiger partial charge < -0.3 is 5.32 Å². The van der Waals surface area contributed by atoms with E-state index in [0.717, 1.165) is 17.3 Å². The highest BCUT2D eigenvalue weighted by Crippen LogP contribution is 2.31. The van der Waals surface area contributed by atoms with Crippen LogP contribution >= 0.6 is 0 Å². The SMILES string of the molecule is Cc1nn(C)cc1CNCc1ccccc1C(F)(F)F. The molecule has 0 aliphatic heterocycles. The van der Waals surface area contributed by atoms with E-state index in [0.29, 0.717) is 6.54 Å². The van der Waals surface area contributed by atoms with Crippen LogP contribution in [-0.4, -0.2) is 9.78 Å². The van der Waals surface area contributed by atoms with Crippen LogP contribution in [0.4, 0.5) is 13.2 Å². The average Bonchev–Trinajstić information content (AvgIpc) is 2.67. The molecule has 0 amide bonds. The molecule has 2 aromatic rings. The summed E-state index contributed by atoms with van der Waals surface area (Å²) in [7, 11) is 1.81. The maximum Gasteiger partial charge on any atom is 0.416 e. The Balaban J connectivity index is 2.03. The number of halogens is 3. The molecule has 0 bridgehead atoms. The number of hydrogen-bond donors (Lipinski definition) is 1. The van der Waals surface area contributed by atoms with Gasteiger partial charge in [0.25, 0.3) is 0 Å². The van der Waals surface area contributed by atoms with E-state index in [9.17, 15) is 13.2 Å². The molecule has 0 atom stereocenters. The van der Waals surface area contributed by atoms with Crippen molar-refractivity contribution in [2.75, 3.05) is 0 Å². The van der Waals surface area contributed by atoms with E-state index in [1.165, 1.54) is 12.1 Å². The van der Waals surface area contributed by atoms with Gasteiger partial charge in [-0.2, -0.15) is 18.3 Å². The highest BCUT2D eigenvalue weighted by Gasteiger charge is 2.32. The number of rotatable bonds is 4. The normalized spacial score (nSPS) is 11.8. The van der Waals surface area contributed by atoms with Gasteiger partial charge in [-0.1, -0.05) is 18.2 Å². The first-order chi connectivity index (χ1) is 9.38. The third kappa shape index (κ3) is 3.39. The molecule has 0 spiro atoms. The summed E-state index contributed by atoms with van der Waals surface area (Å²) in [6, 6.07) is 5.61. The minimum atomic E-state index is -4.32. The summed E-state index contributed by atoms with van der Waals surface area (Å²) in [6.45, 7) is 2.54. The first kappa shape index (κ1) is 14.6. The molecule has 3 nitrogen and oxygen atoms in total. The quantitative estimate of drug-likeness (QED) is 0.934. The monoisotopic (exact) mass is 283 g/mol. The summed E-state index contributed by atoms with van der Waals surface area (Å²) in [5.41, 5.74) is 1.53. The fourth-order valence-electron chi connectivity index (χ4n) is 2.11. The van der Waals surface area contributed by atoms with Gasteiger partial charge >= 0.3 is 6.18 Å². The Hall–Kier alpha value is -1.82. The minimum Gasteiger partial charge on any atom is -0.308 e. The van der Waals surface area contributed by atoms with Gasteiger partial charge in [-0.05, 0) is 18.6 Å². The first-order valence-electron chi connectivity index (χ1n) is 6.23. The molecule has 0 aliphatic carbocycles. The molecule has 0 aliphatic rings. The van der Waals surface area contributed by atoms with E-state index in [-0.39, 0.29) is 12.1 Å². The summed E-state index contributed by atoms with van der Waals surface area (Å²) in [6.07, 6.45) is -2.46. The van der Waals surface area contributed by atoms with Crippen molar-refractivity contribution < 1.29 is 13.2 Å². The van der Waals surface area contributed by atoms with Gasteiger partial charge in [-0.25, -0.2) is 0 Å². The van der Waals surface area contributed by atoms with Crippen molar-refractivity contribution in [2.24, 2.45) is 7.05 Å². The number of aromatic nitrogens is 2. The molecule has 0 fully saturated rings. The summed E-state index contributed by atoms with van der Waals surface area (Å²) in [4.78, 5) is 0. The molecular formula is C14H16F3N3. The van der Waals surface area contributed by atoms with Gasteiger partial charge in [0.05, 0.1) is 11.3 Å². The van der Waals surface area contributed by atoms with Crippen molar-refractivity contribution >= 4 is 0 Å². The number of nitrogens with one attached hydrogen (secondary N) is 1. The molecule has 108 valence electrons. The summed E-state index contributed by atoms with van der Waals surface area (Å²) >= 11 is 0. The van der Waals surface area contributed by atoms with Gasteiger partial charge in [0.15, 0.2) is 0 Å². The Morgan fingerprint density at radius 3 is 2.40 bits per heavy atom. The molecule has 2 rings (SSSR count). The zero-order chi connectivity index (χ0) is 14.8. The van der Waals surface area contributed by atoms with E-state index in [1.54, 1.807) is 10.7 Å². The Labute approximate surface area is 115 Å². The minimum absolute atomic E-state index is 0.171. The molecule has 0 radical (unpaired) electrons. The molecule has 6 heteroatoms.